The second-order valence-corrected chi connectivity index (χ2v) is 11.0. The van der Waals surface area contributed by atoms with Crippen LogP contribution in [0.1, 0.15) is 46.5 Å². The first-order chi connectivity index (χ1) is 17.2. The second-order valence-electron chi connectivity index (χ2n) is 9.17. The van der Waals surface area contributed by atoms with Gasteiger partial charge in [-0.15, -0.1) is 0 Å². The summed E-state index contributed by atoms with van der Waals surface area (Å²) in [4.78, 5) is 15.3. The van der Waals surface area contributed by atoms with Crippen molar-refractivity contribution in [3.63, 3.8) is 0 Å². The highest BCUT2D eigenvalue weighted by Gasteiger charge is 2.35. The quantitative estimate of drug-likeness (QED) is 0.502. The first-order valence-electron chi connectivity index (χ1n) is 12.5. The molecular formula is C27H35N5O3S. The molecule has 1 saturated heterocycles. The third-order valence-corrected chi connectivity index (χ3v) is 8.76. The number of nitrogens with one attached hydrogen (secondary N) is 1. The van der Waals surface area contributed by atoms with Crippen molar-refractivity contribution in [2.45, 2.75) is 52.2 Å². The molecule has 1 N–H and O–H groups in total. The summed E-state index contributed by atoms with van der Waals surface area (Å²) in [7, 11) is -3.93. The molecule has 8 nitrogen and oxygen atoms in total. The fourth-order valence-electron chi connectivity index (χ4n) is 4.45. The fourth-order valence-corrected chi connectivity index (χ4v) is 5.97. The predicted molar refractivity (Wildman–Crippen MR) is 142 cm³/mol. The van der Waals surface area contributed by atoms with Gasteiger partial charge in [-0.05, 0) is 55.5 Å². The van der Waals surface area contributed by atoms with Gasteiger partial charge in [0.1, 0.15) is 0 Å². The van der Waals surface area contributed by atoms with Crippen LogP contribution in [0.4, 0.5) is 5.69 Å². The van der Waals surface area contributed by atoms with Gasteiger partial charge in [-0.1, -0.05) is 43.3 Å². The third kappa shape index (κ3) is 5.32. The van der Waals surface area contributed by atoms with Gasteiger partial charge in [0.25, 0.3) is 15.9 Å². The van der Waals surface area contributed by atoms with Crippen molar-refractivity contribution >= 4 is 21.6 Å². The summed E-state index contributed by atoms with van der Waals surface area (Å²) in [6.45, 7) is 10.7. The van der Waals surface area contributed by atoms with Gasteiger partial charge in [0.05, 0.1) is 5.56 Å². The molecule has 3 aromatic rings. The molecule has 1 amide bonds. The average molecular weight is 510 g/mol. The van der Waals surface area contributed by atoms with Gasteiger partial charge in [-0.3, -0.25) is 9.48 Å². The lowest BCUT2D eigenvalue weighted by molar-refractivity contribution is 0.0947. The van der Waals surface area contributed by atoms with Crippen molar-refractivity contribution in [2.75, 3.05) is 31.1 Å². The van der Waals surface area contributed by atoms with E-state index in [0.29, 0.717) is 39.3 Å². The lowest BCUT2D eigenvalue weighted by atomic mass is 10.1. The van der Waals surface area contributed by atoms with Gasteiger partial charge in [-0.2, -0.15) is 9.40 Å². The molecular weight excluding hydrogens is 474 g/mol. The van der Waals surface area contributed by atoms with Gasteiger partial charge in [0, 0.05) is 51.2 Å². The first-order valence-corrected chi connectivity index (χ1v) is 13.9. The van der Waals surface area contributed by atoms with Gasteiger partial charge in [0.15, 0.2) is 0 Å². The van der Waals surface area contributed by atoms with Crippen LogP contribution in [0.15, 0.2) is 53.7 Å². The Morgan fingerprint density at radius 1 is 0.972 bits per heavy atom. The molecule has 36 heavy (non-hydrogen) atoms. The Hall–Kier alpha value is -3.17. The Morgan fingerprint density at radius 2 is 1.64 bits per heavy atom. The number of amides is 1. The molecule has 2 heterocycles. The van der Waals surface area contributed by atoms with E-state index in [1.807, 2.05) is 37.3 Å². The van der Waals surface area contributed by atoms with Crippen molar-refractivity contribution in [3.05, 3.63) is 76.5 Å². The van der Waals surface area contributed by atoms with Crippen molar-refractivity contribution in [3.8, 4) is 0 Å². The maximum atomic E-state index is 13.6. The summed E-state index contributed by atoms with van der Waals surface area (Å²) in [6.07, 6.45) is 2.47. The molecule has 0 radical (unpaired) electrons. The number of rotatable bonds is 8. The van der Waals surface area contributed by atoms with Crippen LogP contribution in [0.5, 0.6) is 0 Å². The normalized spacial score (nSPS) is 14.7. The summed E-state index contributed by atoms with van der Waals surface area (Å²) in [5.41, 5.74) is 5.81. The van der Waals surface area contributed by atoms with Crippen molar-refractivity contribution in [1.82, 2.24) is 19.4 Å². The van der Waals surface area contributed by atoms with Crippen molar-refractivity contribution < 1.29 is 13.2 Å². The van der Waals surface area contributed by atoms with Crippen LogP contribution in [0.2, 0.25) is 0 Å². The largest absolute Gasteiger partial charge is 0.369 e. The number of carbonyl (C=O) groups is 1. The summed E-state index contributed by atoms with van der Waals surface area (Å²) in [5.74, 6) is -0.443. The van der Waals surface area contributed by atoms with E-state index in [0.717, 1.165) is 17.7 Å². The fraction of sp³-hybridized carbons (Fsp3) is 0.407. The lowest BCUT2D eigenvalue weighted by Crippen LogP contribution is -2.49. The van der Waals surface area contributed by atoms with Crippen molar-refractivity contribution in [2.24, 2.45) is 0 Å². The number of benzene rings is 2. The number of anilines is 1. The van der Waals surface area contributed by atoms with Gasteiger partial charge in [-0.25, -0.2) is 8.42 Å². The van der Waals surface area contributed by atoms with E-state index in [4.69, 9.17) is 0 Å². The molecule has 0 saturated carbocycles. The van der Waals surface area contributed by atoms with E-state index in [9.17, 15) is 13.2 Å². The number of nitrogens with zero attached hydrogens (tertiary/aromatic N) is 4. The standard InChI is InChI=1S/C27H35N5O3S/c1-5-22-10-12-23(13-11-22)18-28-26(33)24-19-31(6-2)29-27(24)36(34,35)32-16-14-30(15-17-32)25-9-7-8-20(3)21(25)4/h7-13,19H,5-6,14-18H2,1-4H3,(H,28,33). The zero-order valence-corrected chi connectivity index (χ0v) is 22.3. The van der Waals surface area contributed by atoms with E-state index in [-0.39, 0.29) is 10.6 Å². The minimum absolute atomic E-state index is 0.0824. The number of hydrogen-bond donors (Lipinski definition) is 1. The Kier molecular flexibility index (Phi) is 7.80. The highest BCUT2D eigenvalue weighted by Crippen LogP contribution is 2.26. The third-order valence-electron chi connectivity index (χ3n) is 6.92. The zero-order valence-electron chi connectivity index (χ0n) is 21.5. The maximum absolute atomic E-state index is 13.6. The number of hydrogen-bond acceptors (Lipinski definition) is 5. The number of sulfonamides is 1. The number of aryl methyl sites for hydroxylation is 3. The minimum Gasteiger partial charge on any atom is -0.369 e. The van der Waals surface area contributed by atoms with Crippen LogP contribution in [-0.4, -0.2) is 54.6 Å². The Morgan fingerprint density at radius 3 is 2.28 bits per heavy atom. The Bertz CT molecular complexity index is 1320. The van der Waals surface area contributed by atoms with Crippen LogP contribution in [0, 0.1) is 13.8 Å². The number of carbonyl (C=O) groups excluding carboxylic acids is 1. The number of aromatic nitrogens is 2. The molecule has 2 aromatic carbocycles. The zero-order chi connectivity index (χ0) is 25.9. The van der Waals surface area contributed by atoms with Gasteiger partial charge >= 0.3 is 0 Å². The van der Waals surface area contributed by atoms with Crippen LogP contribution in [-0.2, 0) is 29.5 Å². The smallest absolute Gasteiger partial charge is 0.263 e. The molecule has 9 heteroatoms. The van der Waals surface area contributed by atoms with Gasteiger partial charge < -0.3 is 10.2 Å². The second kappa shape index (κ2) is 10.8. The Labute approximate surface area is 214 Å². The highest BCUT2D eigenvalue weighted by atomic mass is 32.2. The minimum atomic E-state index is -3.93. The summed E-state index contributed by atoms with van der Waals surface area (Å²) in [5, 5.41) is 6.97. The van der Waals surface area contributed by atoms with E-state index in [1.54, 1.807) is 0 Å². The van der Waals surface area contributed by atoms with E-state index in [1.165, 1.54) is 31.9 Å². The molecule has 0 unspecified atom stereocenters. The van der Waals surface area contributed by atoms with Crippen LogP contribution in [0.3, 0.4) is 0 Å². The van der Waals surface area contributed by atoms with E-state index in [2.05, 4.69) is 48.2 Å². The molecule has 0 spiro atoms. The molecule has 192 valence electrons. The predicted octanol–water partition coefficient (Wildman–Crippen LogP) is 3.52. The van der Waals surface area contributed by atoms with Crippen LogP contribution in [0.25, 0.3) is 0 Å². The molecule has 0 atom stereocenters. The molecule has 4 rings (SSSR count). The summed E-state index contributed by atoms with van der Waals surface area (Å²) < 4.78 is 30.2. The van der Waals surface area contributed by atoms with Gasteiger partial charge in [0.2, 0.25) is 5.03 Å². The monoisotopic (exact) mass is 509 g/mol. The maximum Gasteiger partial charge on any atom is 0.263 e. The number of piperazine rings is 1. The van der Waals surface area contributed by atoms with Crippen LogP contribution < -0.4 is 10.2 Å². The molecule has 1 aliphatic heterocycles. The Balaban J connectivity index is 1.49. The summed E-state index contributed by atoms with van der Waals surface area (Å²) >= 11 is 0. The lowest BCUT2D eigenvalue weighted by Gasteiger charge is -2.36. The summed E-state index contributed by atoms with van der Waals surface area (Å²) in [6, 6.07) is 14.2. The molecule has 1 aliphatic rings. The highest BCUT2D eigenvalue weighted by molar-refractivity contribution is 7.89. The van der Waals surface area contributed by atoms with E-state index < -0.39 is 15.9 Å². The van der Waals surface area contributed by atoms with E-state index >= 15 is 0 Å². The first kappa shape index (κ1) is 25.9. The molecule has 0 bridgehead atoms. The molecule has 1 aromatic heterocycles. The molecule has 1 fully saturated rings. The average Bonchev–Trinajstić information content (AvgIpc) is 3.35. The molecule has 0 aliphatic carbocycles. The van der Waals surface area contributed by atoms with Crippen molar-refractivity contribution in [1.29, 1.82) is 0 Å². The SMILES string of the molecule is CCc1ccc(CNC(=O)c2cn(CC)nc2S(=O)(=O)N2CCN(c3cccc(C)c3C)CC2)cc1. The topological polar surface area (TPSA) is 87.5 Å². The van der Waals surface area contributed by atoms with Crippen LogP contribution >= 0.6 is 0 Å².